The van der Waals surface area contributed by atoms with Gasteiger partial charge in [0.25, 0.3) is 5.69 Å². The minimum atomic E-state index is -0.497. The lowest BCUT2D eigenvalue weighted by Gasteiger charge is -2.06. The molecular formula is C9H10ClNO3S. The second-order valence-electron chi connectivity index (χ2n) is 2.80. The first-order valence-electron chi connectivity index (χ1n) is 4.32. The molecule has 0 spiro atoms. The van der Waals surface area contributed by atoms with E-state index in [1.165, 1.54) is 18.2 Å². The summed E-state index contributed by atoms with van der Waals surface area (Å²) in [5, 5.41) is 10.7. The number of nitrogens with zero attached hydrogens (tertiary/aromatic N) is 1. The van der Waals surface area contributed by atoms with E-state index >= 15 is 0 Å². The molecule has 15 heavy (non-hydrogen) atoms. The summed E-state index contributed by atoms with van der Waals surface area (Å²) in [6.45, 7) is 0.501. The molecule has 0 saturated carbocycles. The molecule has 1 rings (SSSR count). The first kappa shape index (κ1) is 12.1. The average molecular weight is 248 g/mol. The molecule has 0 saturated heterocycles. The molecule has 0 amide bonds. The number of non-ortho nitro benzene ring substituents is 1. The fourth-order valence-electron chi connectivity index (χ4n) is 0.967. The second kappa shape index (κ2) is 5.82. The molecule has 0 bridgehead atoms. The van der Waals surface area contributed by atoms with Gasteiger partial charge in [0.15, 0.2) is 0 Å². The molecule has 0 N–H and O–H groups in total. The van der Waals surface area contributed by atoms with Gasteiger partial charge < -0.3 is 4.74 Å². The molecule has 0 fully saturated rings. The molecule has 0 aliphatic rings. The fraction of sp³-hybridized carbons (Fsp3) is 0.333. The summed E-state index contributed by atoms with van der Waals surface area (Å²) in [6.07, 6.45) is 0.802. The van der Waals surface area contributed by atoms with E-state index in [1.807, 2.05) is 0 Å². The van der Waals surface area contributed by atoms with Gasteiger partial charge in [-0.1, -0.05) is 11.6 Å². The van der Waals surface area contributed by atoms with Crippen molar-refractivity contribution < 1.29 is 9.66 Å². The van der Waals surface area contributed by atoms with Crippen LogP contribution in [-0.4, -0.2) is 17.3 Å². The Kier molecular flexibility index (Phi) is 4.71. The number of rotatable bonds is 5. The maximum absolute atomic E-state index is 10.4. The van der Waals surface area contributed by atoms with Crippen molar-refractivity contribution in [1.82, 2.24) is 0 Å². The molecule has 82 valence electrons. The van der Waals surface area contributed by atoms with E-state index in [0.717, 1.165) is 12.2 Å². The lowest BCUT2D eigenvalue weighted by atomic mass is 10.3. The quantitative estimate of drug-likeness (QED) is 0.377. The Labute approximate surface area is 97.8 Å². The third-order valence-electron chi connectivity index (χ3n) is 1.69. The highest BCUT2D eigenvalue weighted by atomic mass is 35.5. The summed E-state index contributed by atoms with van der Waals surface area (Å²) in [6, 6.07) is 4.14. The normalized spacial score (nSPS) is 10.0. The predicted octanol–water partition coefficient (Wildman–Crippen LogP) is 2.95. The van der Waals surface area contributed by atoms with E-state index in [4.69, 9.17) is 16.3 Å². The van der Waals surface area contributed by atoms with Gasteiger partial charge in [0, 0.05) is 12.1 Å². The third-order valence-corrected chi connectivity index (χ3v) is 2.30. The highest BCUT2D eigenvalue weighted by Gasteiger charge is 2.09. The van der Waals surface area contributed by atoms with Crippen molar-refractivity contribution in [1.29, 1.82) is 0 Å². The SMILES string of the molecule is O=[N+]([O-])c1ccc(OCCCS)c(Cl)c1. The number of hydrogen-bond acceptors (Lipinski definition) is 4. The van der Waals surface area contributed by atoms with Crippen molar-refractivity contribution in [2.75, 3.05) is 12.4 Å². The maximum atomic E-state index is 10.4. The van der Waals surface area contributed by atoms with Gasteiger partial charge >= 0.3 is 0 Å². The molecule has 1 aromatic carbocycles. The number of ether oxygens (including phenoxy) is 1. The summed E-state index contributed by atoms with van der Waals surface area (Å²) in [5.74, 6) is 1.19. The van der Waals surface area contributed by atoms with Gasteiger partial charge in [-0.2, -0.15) is 12.6 Å². The molecule has 4 nitrogen and oxygen atoms in total. The van der Waals surface area contributed by atoms with Gasteiger partial charge in [0.1, 0.15) is 5.75 Å². The molecule has 0 radical (unpaired) electrons. The lowest BCUT2D eigenvalue weighted by Crippen LogP contribution is -1.98. The van der Waals surface area contributed by atoms with Crippen molar-refractivity contribution >= 4 is 29.9 Å². The number of hydrogen-bond donors (Lipinski definition) is 1. The van der Waals surface area contributed by atoms with E-state index in [0.29, 0.717) is 12.4 Å². The molecule has 0 aliphatic carbocycles. The Morgan fingerprint density at radius 2 is 2.27 bits per heavy atom. The number of halogens is 1. The van der Waals surface area contributed by atoms with Crippen LogP contribution in [-0.2, 0) is 0 Å². The van der Waals surface area contributed by atoms with E-state index in [2.05, 4.69) is 12.6 Å². The van der Waals surface area contributed by atoms with E-state index in [9.17, 15) is 10.1 Å². The number of nitro groups is 1. The molecule has 0 aliphatic heterocycles. The van der Waals surface area contributed by atoms with Crippen LogP contribution >= 0.6 is 24.2 Å². The summed E-state index contributed by atoms with van der Waals surface area (Å²) in [4.78, 5) is 9.92. The van der Waals surface area contributed by atoms with Crippen molar-refractivity contribution in [3.05, 3.63) is 33.3 Å². The van der Waals surface area contributed by atoms with Crippen LogP contribution in [0.15, 0.2) is 18.2 Å². The van der Waals surface area contributed by atoms with Crippen molar-refractivity contribution in [3.63, 3.8) is 0 Å². The molecule has 0 atom stereocenters. The predicted molar refractivity (Wildman–Crippen MR) is 62.1 cm³/mol. The fourth-order valence-corrected chi connectivity index (χ4v) is 1.33. The maximum Gasteiger partial charge on any atom is 0.271 e. The van der Waals surface area contributed by atoms with E-state index in [1.54, 1.807) is 0 Å². The average Bonchev–Trinajstić information content (AvgIpc) is 2.20. The van der Waals surface area contributed by atoms with Crippen LogP contribution in [0.4, 0.5) is 5.69 Å². The number of nitro benzene ring substituents is 1. The molecule has 0 aromatic heterocycles. The first-order valence-corrected chi connectivity index (χ1v) is 5.34. The van der Waals surface area contributed by atoms with Gasteiger partial charge in [-0.05, 0) is 18.2 Å². The monoisotopic (exact) mass is 247 g/mol. The second-order valence-corrected chi connectivity index (χ2v) is 3.65. The van der Waals surface area contributed by atoms with E-state index in [-0.39, 0.29) is 10.7 Å². The third kappa shape index (κ3) is 3.60. The van der Waals surface area contributed by atoms with Gasteiger partial charge in [0.05, 0.1) is 16.6 Å². The zero-order valence-electron chi connectivity index (χ0n) is 7.85. The van der Waals surface area contributed by atoms with Gasteiger partial charge in [-0.15, -0.1) is 0 Å². The van der Waals surface area contributed by atoms with Gasteiger partial charge in [0.2, 0.25) is 0 Å². The Morgan fingerprint density at radius 3 is 2.80 bits per heavy atom. The highest BCUT2D eigenvalue weighted by Crippen LogP contribution is 2.28. The van der Waals surface area contributed by atoms with Gasteiger partial charge in [-0.3, -0.25) is 10.1 Å². The Bertz CT molecular complexity index is 359. The zero-order chi connectivity index (χ0) is 11.3. The van der Waals surface area contributed by atoms with Gasteiger partial charge in [-0.25, -0.2) is 0 Å². The van der Waals surface area contributed by atoms with Crippen LogP contribution in [0.3, 0.4) is 0 Å². The van der Waals surface area contributed by atoms with Crippen LogP contribution in [0, 0.1) is 10.1 Å². The number of benzene rings is 1. The zero-order valence-corrected chi connectivity index (χ0v) is 9.50. The van der Waals surface area contributed by atoms with Crippen molar-refractivity contribution in [3.8, 4) is 5.75 Å². The van der Waals surface area contributed by atoms with Crippen LogP contribution in [0.5, 0.6) is 5.75 Å². The standard InChI is InChI=1S/C9H10ClNO3S/c10-8-6-7(11(12)13)2-3-9(8)14-4-1-5-15/h2-3,6,15H,1,4-5H2. The minimum absolute atomic E-state index is 0.0402. The smallest absolute Gasteiger partial charge is 0.271 e. The largest absolute Gasteiger partial charge is 0.492 e. The van der Waals surface area contributed by atoms with Crippen LogP contribution < -0.4 is 4.74 Å². The van der Waals surface area contributed by atoms with Crippen LogP contribution in [0.1, 0.15) is 6.42 Å². The Hall–Kier alpha value is -0.940. The Balaban J connectivity index is 2.70. The van der Waals surface area contributed by atoms with Crippen LogP contribution in [0.2, 0.25) is 5.02 Å². The Morgan fingerprint density at radius 1 is 1.53 bits per heavy atom. The summed E-state index contributed by atoms with van der Waals surface area (Å²) < 4.78 is 5.31. The molecule has 0 heterocycles. The summed E-state index contributed by atoms with van der Waals surface area (Å²) in [5.41, 5.74) is -0.0402. The lowest BCUT2D eigenvalue weighted by molar-refractivity contribution is -0.384. The molecule has 1 aromatic rings. The molecule has 6 heteroatoms. The highest BCUT2D eigenvalue weighted by molar-refractivity contribution is 7.80. The first-order chi connectivity index (χ1) is 7.15. The van der Waals surface area contributed by atoms with Crippen LogP contribution in [0.25, 0.3) is 0 Å². The number of thiol groups is 1. The topological polar surface area (TPSA) is 52.4 Å². The van der Waals surface area contributed by atoms with E-state index < -0.39 is 4.92 Å². The molecular weight excluding hydrogens is 238 g/mol. The summed E-state index contributed by atoms with van der Waals surface area (Å²) >= 11 is 9.84. The summed E-state index contributed by atoms with van der Waals surface area (Å²) in [7, 11) is 0. The minimum Gasteiger partial charge on any atom is -0.492 e. The molecule has 0 unspecified atom stereocenters. The van der Waals surface area contributed by atoms with Crippen molar-refractivity contribution in [2.24, 2.45) is 0 Å². The van der Waals surface area contributed by atoms with Crippen molar-refractivity contribution in [2.45, 2.75) is 6.42 Å².